The molecular weight excluding hydrogens is 398 g/mol. The lowest BCUT2D eigenvalue weighted by molar-refractivity contribution is 0.317. The van der Waals surface area contributed by atoms with Crippen molar-refractivity contribution in [3.63, 3.8) is 0 Å². The molecule has 2 aromatic heterocycles. The molecular formula is C23H21N3O3S. The van der Waals surface area contributed by atoms with Gasteiger partial charge in [-0.2, -0.15) is 9.50 Å². The minimum absolute atomic E-state index is 0.175. The largest absolute Gasteiger partial charge is 0.494 e. The minimum Gasteiger partial charge on any atom is -0.494 e. The highest BCUT2D eigenvalue weighted by Crippen LogP contribution is 2.20. The van der Waals surface area contributed by atoms with E-state index < -0.39 is 0 Å². The fourth-order valence-corrected chi connectivity index (χ4v) is 3.75. The second-order valence-corrected chi connectivity index (χ2v) is 7.60. The number of hydrogen-bond acceptors (Lipinski definition) is 6. The van der Waals surface area contributed by atoms with Crippen LogP contribution in [-0.2, 0) is 0 Å². The van der Waals surface area contributed by atoms with Gasteiger partial charge in [0.15, 0.2) is 5.82 Å². The zero-order valence-corrected chi connectivity index (χ0v) is 17.4. The highest BCUT2D eigenvalue weighted by molar-refractivity contribution is 7.15. The molecule has 0 N–H and O–H groups in total. The van der Waals surface area contributed by atoms with Gasteiger partial charge in [0, 0.05) is 5.56 Å². The smallest absolute Gasteiger partial charge is 0.291 e. The molecule has 0 bridgehead atoms. The first-order chi connectivity index (χ1) is 14.7. The molecule has 0 aliphatic heterocycles. The summed E-state index contributed by atoms with van der Waals surface area (Å²) in [6.45, 7) is 6.84. The van der Waals surface area contributed by atoms with E-state index >= 15 is 0 Å². The van der Waals surface area contributed by atoms with Crippen LogP contribution in [-0.4, -0.2) is 27.8 Å². The predicted molar refractivity (Wildman–Crippen MR) is 119 cm³/mol. The first-order valence-corrected chi connectivity index (χ1v) is 10.5. The van der Waals surface area contributed by atoms with Crippen molar-refractivity contribution in [1.29, 1.82) is 0 Å². The Morgan fingerprint density at radius 1 is 1.07 bits per heavy atom. The van der Waals surface area contributed by atoms with Crippen LogP contribution in [0.15, 0.2) is 66.0 Å². The van der Waals surface area contributed by atoms with Crippen molar-refractivity contribution in [3.8, 4) is 22.9 Å². The molecule has 0 aliphatic rings. The van der Waals surface area contributed by atoms with E-state index in [0.29, 0.717) is 28.5 Å². The molecule has 0 atom stereocenters. The van der Waals surface area contributed by atoms with Crippen molar-refractivity contribution in [2.24, 2.45) is 0 Å². The molecule has 0 unspecified atom stereocenters. The van der Waals surface area contributed by atoms with Gasteiger partial charge in [-0.3, -0.25) is 4.79 Å². The van der Waals surface area contributed by atoms with Gasteiger partial charge >= 0.3 is 0 Å². The molecule has 0 amide bonds. The Bertz CT molecular complexity index is 1260. The average Bonchev–Trinajstić information content (AvgIpc) is 3.31. The van der Waals surface area contributed by atoms with E-state index in [1.807, 2.05) is 54.6 Å². The lowest BCUT2D eigenvalue weighted by atomic mass is 10.2. The standard InChI is InChI=1S/C23H21N3O3S/c1-3-13-28-18-9-5-16(6-10-18)15-20-22(27)26-23(30-20)24-21(25-26)17-7-11-19(12-8-17)29-14-4-2/h4-12,15H,2-3,13-14H2,1H3. The third-order valence-corrected chi connectivity index (χ3v) is 5.27. The van der Waals surface area contributed by atoms with Gasteiger partial charge in [-0.15, -0.1) is 5.10 Å². The predicted octanol–water partition coefficient (Wildman–Crippen LogP) is 3.72. The van der Waals surface area contributed by atoms with Crippen molar-refractivity contribution < 1.29 is 9.47 Å². The normalized spacial score (nSPS) is 11.7. The van der Waals surface area contributed by atoms with E-state index in [2.05, 4.69) is 23.6 Å². The molecule has 0 radical (unpaired) electrons. The lowest BCUT2D eigenvalue weighted by Gasteiger charge is -2.03. The molecule has 152 valence electrons. The number of hydrogen-bond donors (Lipinski definition) is 0. The molecule has 6 nitrogen and oxygen atoms in total. The maximum Gasteiger partial charge on any atom is 0.291 e. The molecule has 0 saturated heterocycles. The summed E-state index contributed by atoms with van der Waals surface area (Å²) in [5.41, 5.74) is 1.58. The Hall–Kier alpha value is -3.45. The van der Waals surface area contributed by atoms with Crippen molar-refractivity contribution in [2.45, 2.75) is 13.3 Å². The molecule has 0 saturated carbocycles. The topological polar surface area (TPSA) is 65.7 Å². The summed E-state index contributed by atoms with van der Waals surface area (Å²) >= 11 is 1.32. The van der Waals surface area contributed by atoms with E-state index in [1.54, 1.807) is 6.08 Å². The third-order valence-electron chi connectivity index (χ3n) is 4.31. The average molecular weight is 420 g/mol. The summed E-state index contributed by atoms with van der Waals surface area (Å²) in [4.78, 5) is 17.8. The number of aromatic nitrogens is 3. The van der Waals surface area contributed by atoms with E-state index in [1.165, 1.54) is 15.9 Å². The molecule has 2 aromatic carbocycles. The molecule has 30 heavy (non-hydrogen) atoms. The molecule has 0 spiro atoms. The van der Waals surface area contributed by atoms with Gasteiger partial charge in [-0.25, -0.2) is 0 Å². The number of ether oxygens (including phenoxy) is 2. The van der Waals surface area contributed by atoms with Crippen LogP contribution in [0.25, 0.3) is 22.4 Å². The van der Waals surface area contributed by atoms with Crippen LogP contribution in [0.4, 0.5) is 0 Å². The fraction of sp³-hybridized carbons (Fsp3) is 0.174. The van der Waals surface area contributed by atoms with Crippen molar-refractivity contribution in [2.75, 3.05) is 13.2 Å². The Morgan fingerprint density at radius 3 is 2.43 bits per heavy atom. The number of thiazole rings is 1. The van der Waals surface area contributed by atoms with Gasteiger partial charge in [0.1, 0.15) is 18.1 Å². The Morgan fingerprint density at radius 2 is 1.77 bits per heavy atom. The molecule has 2 heterocycles. The van der Waals surface area contributed by atoms with Crippen molar-refractivity contribution >= 4 is 22.4 Å². The summed E-state index contributed by atoms with van der Waals surface area (Å²) in [6.07, 6.45) is 4.50. The van der Waals surface area contributed by atoms with Crippen LogP contribution in [0, 0.1) is 0 Å². The lowest BCUT2D eigenvalue weighted by Crippen LogP contribution is -2.23. The Balaban J connectivity index is 1.58. The molecule has 0 aliphatic carbocycles. The monoisotopic (exact) mass is 419 g/mol. The van der Waals surface area contributed by atoms with Crippen molar-refractivity contribution in [3.05, 3.63) is 81.6 Å². The fourth-order valence-electron chi connectivity index (χ4n) is 2.84. The zero-order valence-electron chi connectivity index (χ0n) is 16.6. The summed E-state index contributed by atoms with van der Waals surface area (Å²) in [5.74, 6) is 2.08. The van der Waals surface area contributed by atoms with Gasteiger partial charge in [-0.1, -0.05) is 43.0 Å². The van der Waals surface area contributed by atoms with E-state index in [-0.39, 0.29) is 5.56 Å². The maximum absolute atomic E-state index is 12.7. The van der Waals surface area contributed by atoms with E-state index in [9.17, 15) is 4.79 Å². The van der Waals surface area contributed by atoms with E-state index in [0.717, 1.165) is 29.0 Å². The molecule has 7 heteroatoms. The highest BCUT2D eigenvalue weighted by Gasteiger charge is 2.12. The van der Waals surface area contributed by atoms with Gasteiger partial charge in [0.05, 0.1) is 11.1 Å². The van der Waals surface area contributed by atoms with Crippen LogP contribution in [0.1, 0.15) is 18.9 Å². The second-order valence-electron chi connectivity index (χ2n) is 6.59. The van der Waals surface area contributed by atoms with Crippen LogP contribution >= 0.6 is 11.3 Å². The number of fused-ring (bicyclic) bond motifs is 1. The first kappa shape index (κ1) is 19.8. The van der Waals surface area contributed by atoms with Crippen molar-refractivity contribution in [1.82, 2.24) is 14.6 Å². The number of nitrogens with zero attached hydrogens (tertiary/aromatic N) is 3. The SMILES string of the molecule is C=CCOc1ccc(-c2nc3sc(=Cc4ccc(OCCC)cc4)c(=O)n3n2)cc1. The van der Waals surface area contributed by atoms with Gasteiger partial charge < -0.3 is 9.47 Å². The number of rotatable bonds is 8. The Kier molecular flexibility index (Phi) is 5.90. The second kappa shape index (κ2) is 8.92. The van der Waals surface area contributed by atoms with Crippen LogP contribution in [0.3, 0.4) is 0 Å². The van der Waals surface area contributed by atoms with Crippen LogP contribution in [0.2, 0.25) is 0 Å². The van der Waals surface area contributed by atoms with Gasteiger partial charge in [-0.05, 0) is 54.5 Å². The summed E-state index contributed by atoms with van der Waals surface area (Å²) in [7, 11) is 0. The van der Waals surface area contributed by atoms with Gasteiger partial charge in [0.2, 0.25) is 4.96 Å². The zero-order chi connectivity index (χ0) is 20.9. The quantitative estimate of drug-likeness (QED) is 0.407. The maximum atomic E-state index is 12.7. The van der Waals surface area contributed by atoms with E-state index in [4.69, 9.17) is 9.47 Å². The Labute approximate surface area is 177 Å². The number of benzene rings is 2. The van der Waals surface area contributed by atoms with Crippen LogP contribution < -0.4 is 19.6 Å². The van der Waals surface area contributed by atoms with Crippen LogP contribution in [0.5, 0.6) is 11.5 Å². The summed E-state index contributed by atoms with van der Waals surface area (Å²) < 4.78 is 13.0. The molecule has 4 aromatic rings. The summed E-state index contributed by atoms with van der Waals surface area (Å²) in [6, 6.07) is 15.1. The molecule has 0 fully saturated rings. The first-order valence-electron chi connectivity index (χ1n) is 9.66. The molecule has 4 rings (SSSR count). The summed E-state index contributed by atoms with van der Waals surface area (Å²) in [5, 5.41) is 4.39. The minimum atomic E-state index is -0.175. The van der Waals surface area contributed by atoms with Gasteiger partial charge in [0.25, 0.3) is 5.56 Å². The third kappa shape index (κ3) is 4.26. The highest BCUT2D eigenvalue weighted by atomic mass is 32.1.